The van der Waals surface area contributed by atoms with Gasteiger partial charge in [-0.1, -0.05) is 17.7 Å². The van der Waals surface area contributed by atoms with Crippen LogP contribution in [0.2, 0.25) is 0 Å². The van der Waals surface area contributed by atoms with Gasteiger partial charge in [0.15, 0.2) is 0 Å². The Morgan fingerprint density at radius 2 is 2.00 bits per heavy atom. The summed E-state index contributed by atoms with van der Waals surface area (Å²) in [7, 11) is 0. The summed E-state index contributed by atoms with van der Waals surface area (Å²) in [5.41, 5.74) is 2.59. The number of hydrogen-bond acceptors (Lipinski definition) is 3. The molecule has 0 heterocycles. The molecule has 0 aliphatic rings. The number of urea groups is 1. The minimum absolute atomic E-state index is 0.0321. The Bertz CT molecular complexity index is 474. The fourth-order valence-electron chi connectivity index (χ4n) is 1.66. The first kappa shape index (κ1) is 15.0. The summed E-state index contributed by atoms with van der Waals surface area (Å²) in [5.74, 6) is -1.18. The van der Waals surface area contributed by atoms with Crippen molar-refractivity contribution in [2.75, 3.05) is 11.9 Å². The van der Waals surface area contributed by atoms with Crippen LogP contribution in [0, 0.1) is 13.8 Å². The summed E-state index contributed by atoms with van der Waals surface area (Å²) >= 11 is 0. The van der Waals surface area contributed by atoms with Gasteiger partial charge in [-0.15, -0.1) is 0 Å². The van der Waals surface area contributed by atoms with Gasteiger partial charge in [-0.25, -0.2) is 9.59 Å². The van der Waals surface area contributed by atoms with E-state index in [4.69, 9.17) is 10.2 Å². The van der Waals surface area contributed by atoms with Crippen LogP contribution in [0.25, 0.3) is 0 Å². The van der Waals surface area contributed by atoms with Gasteiger partial charge in [0.05, 0.1) is 0 Å². The maximum absolute atomic E-state index is 11.7. The third-order valence-electron chi connectivity index (χ3n) is 2.65. The van der Waals surface area contributed by atoms with Gasteiger partial charge >= 0.3 is 12.0 Å². The number of aliphatic carboxylic acids is 1. The average Bonchev–Trinajstić information content (AvgIpc) is 2.32. The van der Waals surface area contributed by atoms with Crippen LogP contribution < -0.4 is 10.6 Å². The highest BCUT2D eigenvalue weighted by atomic mass is 16.4. The number of benzene rings is 1. The second-order valence-corrected chi connectivity index (χ2v) is 4.32. The predicted octanol–water partition coefficient (Wildman–Crippen LogP) is 1.26. The molecule has 1 atom stereocenters. The number of aliphatic hydroxyl groups excluding tert-OH is 1. The molecule has 0 aliphatic heterocycles. The second kappa shape index (κ2) is 6.75. The Morgan fingerprint density at radius 1 is 1.32 bits per heavy atom. The minimum Gasteiger partial charge on any atom is -0.480 e. The number of amides is 2. The lowest BCUT2D eigenvalue weighted by Gasteiger charge is -2.15. The number of carboxylic acids is 1. The third-order valence-corrected chi connectivity index (χ3v) is 2.65. The molecule has 6 nitrogen and oxygen atoms in total. The van der Waals surface area contributed by atoms with Crippen molar-refractivity contribution in [2.45, 2.75) is 26.3 Å². The summed E-state index contributed by atoms with van der Waals surface area (Å²) < 4.78 is 0. The SMILES string of the molecule is Cc1ccc(NC(=O)NC(CCO)C(=O)O)c(C)c1. The highest BCUT2D eigenvalue weighted by molar-refractivity contribution is 5.92. The molecule has 0 saturated carbocycles. The number of anilines is 1. The molecular weight excluding hydrogens is 248 g/mol. The Kier molecular flexibility index (Phi) is 5.32. The van der Waals surface area contributed by atoms with E-state index in [9.17, 15) is 9.59 Å². The Hall–Kier alpha value is -2.08. The van der Waals surface area contributed by atoms with E-state index in [-0.39, 0.29) is 13.0 Å². The van der Waals surface area contributed by atoms with Crippen molar-refractivity contribution in [3.63, 3.8) is 0 Å². The second-order valence-electron chi connectivity index (χ2n) is 4.32. The monoisotopic (exact) mass is 266 g/mol. The number of aliphatic hydroxyl groups is 1. The predicted molar refractivity (Wildman–Crippen MR) is 71.2 cm³/mol. The molecule has 1 aromatic carbocycles. The van der Waals surface area contributed by atoms with Crippen LogP contribution in [0.5, 0.6) is 0 Å². The maximum atomic E-state index is 11.7. The Labute approximate surface area is 111 Å². The molecule has 0 fully saturated rings. The fourth-order valence-corrected chi connectivity index (χ4v) is 1.66. The van der Waals surface area contributed by atoms with Gasteiger partial charge in [-0.3, -0.25) is 0 Å². The lowest BCUT2D eigenvalue weighted by Crippen LogP contribution is -2.43. The van der Waals surface area contributed by atoms with E-state index in [1.54, 1.807) is 6.07 Å². The molecule has 104 valence electrons. The van der Waals surface area contributed by atoms with Crippen molar-refractivity contribution in [3.8, 4) is 0 Å². The normalized spacial score (nSPS) is 11.7. The zero-order valence-electron chi connectivity index (χ0n) is 10.9. The summed E-state index contributed by atoms with van der Waals surface area (Å²) in [5, 5.41) is 22.5. The van der Waals surface area contributed by atoms with E-state index < -0.39 is 18.0 Å². The molecule has 1 unspecified atom stereocenters. The van der Waals surface area contributed by atoms with Crippen LogP contribution in [0.4, 0.5) is 10.5 Å². The van der Waals surface area contributed by atoms with Gasteiger partial charge in [0, 0.05) is 18.7 Å². The molecule has 0 spiro atoms. The molecular formula is C13H18N2O4. The summed E-state index contributed by atoms with van der Waals surface area (Å²) in [6, 6.07) is 3.82. The van der Waals surface area contributed by atoms with Crippen LogP contribution in [0.15, 0.2) is 18.2 Å². The lowest BCUT2D eigenvalue weighted by atomic mass is 10.1. The van der Waals surface area contributed by atoms with Gasteiger partial charge in [-0.2, -0.15) is 0 Å². The van der Waals surface area contributed by atoms with Crippen molar-refractivity contribution in [2.24, 2.45) is 0 Å². The zero-order chi connectivity index (χ0) is 14.4. The summed E-state index contributed by atoms with van der Waals surface area (Å²) in [6.07, 6.45) is -0.0321. The first-order valence-corrected chi connectivity index (χ1v) is 5.92. The molecule has 0 bridgehead atoms. The van der Waals surface area contributed by atoms with Crippen molar-refractivity contribution >= 4 is 17.7 Å². The third kappa shape index (κ3) is 4.59. The number of rotatable bonds is 5. The van der Waals surface area contributed by atoms with Crippen molar-refractivity contribution < 1.29 is 19.8 Å². The van der Waals surface area contributed by atoms with Crippen LogP contribution in [-0.4, -0.2) is 34.9 Å². The van der Waals surface area contributed by atoms with Crippen LogP contribution in [0.1, 0.15) is 17.5 Å². The smallest absolute Gasteiger partial charge is 0.326 e. The van der Waals surface area contributed by atoms with Crippen LogP contribution in [0.3, 0.4) is 0 Å². The fraction of sp³-hybridized carbons (Fsp3) is 0.385. The van der Waals surface area contributed by atoms with E-state index in [1.165, 1.54) is 0 Å². The van der Waals surface area contributed by atoms with Gasteiger partial charge in [0.2, 0.25) is 0 Å². The van der Waals surface area contributed by atoms with Gasteiger partial charge < -0.3 is 20.8 Å². The number of nitrogens with one attached hydrogen (secondary N) is 2. The largest absolute Gasteiger partial charge is 0.480 e. The topological polar surface area (TPSA) is 98.7 Å². The molecule has 19 heavy (non-hydrogen) atoms. The minimum atomic E-state index is -1.18. The molecule has 0 aliphatic carbocycles. The van der Waals surface area contributed by atoms with E-state index >= 15 is 0 Å². The number of carbonyl (C=O) groups is 2. The van der Waals surface area contributed by atoms with E-state index in [0.29, 0.717) is 5.69 Å². The first-order valence-electron chi connectivity index (χ1n) is 5.92. The van der Waals surface area contributed by atoms with Crippen molar-refractivity contribution in [3.05, 3.63) is 29.3 Å². The zero-order valence-corrected chi connectivity index (χ0v) is 10.9. The molecule has 4 N–H and O–H groups in total. The van der Waals surface area contributed by atoms with Gasteiger partial charge in [0.1, 0.15) is 6.04 Å². The van der Waals surface area contributed by atoms with E-state index in [2.05, 4.69) is 10.6 Å². The van der Waals surface area contributed by atoms with Gasteiger partial charge in [-0.05, 0) is 25.5 Å². The molecule has 0 saturated heterocycles. The van der Waals surface area contributed by atoms with Crippen molar-refractivity contribution in [1.82, 2.24) is 5.32 Å². The maximum Gasteiger partial charge on any atom is 0.326 e. The number of hydrogen-bond donors (Lipinski definition) is 4. The van der Waals surface area contributed by atoms with Crippen molar-refractivity contribution in [1.29, 1.82) is 0 Å². The first-order chi connectivity index (χ1) is 8.93. The number of aryl methyl sites for hydroxylation is 2. The Morgan fingerprint density at radius 3 is 2.53 bits per heavy atom. The van der Waals surface area contributed by atoms with Crippen LogP contribution >= 0.6 is 0 Å². The molecule has 1 aromatic rings. The highest BCUT2D eigenvalue weighted by Gasteiger charge is 2.19. The summed E-state index contributed by atoms with van der Waals surface area (Å²) in [4.78, 5) is 22.5. The average molecular weight is 266 g/mol. The highest BCUT2D eigenvalue weighted by Crippen LogP contribution is 2.15. The molecule has 1 rings (SSSR count). The number of carbonyl (C=O) groups excluding carboxylic acids is 1. The lowest BCUT2D eigenvalue weighted by molar-refractivity contribution is -0.139. The standard InChI is InChI=1S/C13H18N2O4/c1-8-3-4-10(9(2)7-8)14-13(19)15-11(5-6-16)12(17)18/h3-4,7,11,16H,5-6H2,1-2H3,(H,17,18)(H2,14,15,19). The quantitative estimate of drug-likeness (QED) is 0.644. The van der Waals surface area contributed by atoms with Gasteiger partial charge in [0.25, 0.3) is 0 Å². The molecule has 2 amide bonds. The van der Waals surface area contributed by atoms with Crippen LogP contribution in [-0.2, 0) is 4.79 Å². The molecule has 6 heteroatoms. The summed E-state index contributed by atoms with van der Waals surface area (Å²) in [6.45, 7) is 3.49. The van der Waals surface area contributed by atoms with E-state index in [0.717, 1.165) is 11.1 Å². The molecule has 0 radical (unpaired) electrons. The van der Waals surface area contributed by atoms with E-state index in [1.807, 2.05) is 26.0 Å². The number of carboxylic acid groups (broad SMARTS) is 1. The Balaban J connectivity index is 2.66. The molecule has 0 aromatic heterocycles.